The number of carbonyl (C=O) groups is 1. The van der Waals surface area contributed by atoms with Gasteiger partial charge in [-0.3, -0.25) is 9.69 Å². The zero-order valence-electron chi connectivity index (χ0n) is 14.2. The average Bonchev–Trinajstić information content (AvgIpc) is 2.99. The van der Waals surface area contributed by atoms with Crippen molar-refractivity contribution >= 4 is 11.6 Å². The second-order valence-corrected chi connectivity index (χ2v) is 6.66. The summed E-state index contributed by atoms with van der Waals surface area (Å²) in [7, 11) is 0. The van der Waals surface area contributed by atoms with Crippen LogP contribution in [0.5, 0.6) is 5.75 Å². The summed E-state index contributed by atoms with van der Waals surface area (Å²) in [6, 6.07) is 20.1. The van der Waals surface area contributed by atoms with Gasteiger partial charge in [-0.15, -0.1) is 0 Å². The summed E-state index contributed by atoms with van der Waals surface area (Å²) < 4.78 is 5.85. The van der Waals surface area contributed by atoms with E-state index in [0.717, 1.165) is 37.4 Å². The van der Waals surface area contributed by atoms with Crippen LogP contribution in [0.4, 0.5) is 5.69 Å². The van der Waals surface area contributed by atoms with E-state index in [1.807, 2.05) is 48.5 Å². The van der Waals surface area contributed by atoms with E-state index < -0.39 is 5.54 Å². The molecule has 2 aromatic carbocycles. The monoisotopic (exact) mass is 337 g/mol. The van der Waals surface area contributed by atoms with Gasteiger partial charge in [0.1, 0.15) is 18.0 Å². The van der Waals surface area contributed by atoms with E-state index in [1.54, 1.807) is 0 Å². The average molecular weight is 337 g/mol. The number of ether oxygens (including phenoxy) is 1. The Hall–Kier alpha value is -2.53. The minimum atomic E-state index is -0.426. The quantitative estimate of drug-likeness (QED) is 0.931. The van der Waals surface area contributed by atoms with Gasteiger partial charge in [0.05, 0.1) is 6.67 Å². The van der Waals surface area contributed by atoms with Gasteiger partial charge in [0.15, 0.2) is 0 Å². The second kappa shape index (κ2) is 6.76. The molecule has 1 N–H and O–H groups in total. The molecule has 2 heterocycles. The number of carbonyl (C=O) groups excluding carboxylic acids is 1. The number of para-hydroxylation sites is 2. The van der Waals surface area contributed by atoms with Gasteiger partial charge in [0.25, 0.3) is 0 Å². The SMILES string of the molecule is O=C1NCN(c2ccccc2)C12CCN(COc1ccccc1)CC2. The maximum absolute atomic E-state index is 12.6. The lowest BCUT2D eigenvalue weighted by Gasteiger charge is -2.43. The molecule has 4 rings (SSSR count). The number of hydrogen-bond acceptors (Lipinski definition) is 4. The Labute approximate surface area is 148 Å². The second-order valence-electron chi connectivity index (χ2n) is 6.66. The summed E-state index contributed by atoms with van der Waals surface area (Å²) in [4.78, 5) is 17.1. The molecule has 0 bridgehead atoms. The van der Waals surface area contributed by atoms with Gasteiger partial charge in [-0.25, -0.2) is 0 Å². The fourth-order valence-corrected chi connectivity index (χ4v) is 3.77. The number of hydrogen-bond donors (Lipinski definition) is 1. The molecule has 2 aliphatic heterocycles. The molecule has 130 valence electrons. The largest absolute Gasteiger partial charge is 0.478 e. The van der Waals surface area contributed by atoms with Crippen LogP contribution in [0, 0.1) is 0 Å². The molecule has 2 saturated heterocycles. The lowest BCUT2D eigenvalue weighted by molar-refractivity contribution is -0.125. The molecule has 2 aromatic rings. The van der Waals surface area contributed by atoms with Crippen molar-refractivity contribution in [3.05, 3.63) is 60.7 Å². The van der Waals surface area contributed by atoms with Crippen molar-refractivity contribution in [3.63, 3.8) is 0 Å². The third-order valence-corrected chi connectivity index (χ3v) is 5.25. The van der Waals surface area contributed by atoms with E-state index in [2.05, 4.69) is 27.2 Å². The minimum Gasteiger partial charge on any atom is -0.478 e. The summed E-state index contributed by atoms with van der Waals surface area (Å²) in [5, 5.41) is 3.04. The topological polar surface area (TPSA) is 44.8 Å². The Balaban J connectivity index is 1.41. The van der Waals surface area contributed by atoms with Gasteiger partial charge in [0, 0.05) is 18.8 Å². The van der Waals surface area contributed by atoms with Gasteiger partial charge in [-0.05, 0) is 37.1 Å². The molecule has 0 saturated carbocycles. The number of anilines is 1. The smallest absolute Gasteiger partial charge is 0.247 e. The van der Waals surface area contributed by atoms with Gasteiger partial charge in [-0.2, -0.15) is 0 Å². The van der Waals surface area contributed by atoms with Crippen molar-refractivity contribution in [3.8, 4) is 5.75 Å². The molecule has 2 aliphatic rings. The Kier molecular flexibility index (Phi) is 4.32. The standard InChI is InChI=1S/C20H23N3O2/c24-19-20(23(15-21-19)17-7-3-1-4-8-17)11-13-22(14-12-20)16-25-18-9-5-2-6-10-18/h1-10H,11-16H2,(H,21,24). The Morgan fingerprint density at radius 1 is 0.960 bits per heavy atom. The van der Waals surface area contributed by atoms with Gasteiger partial charge < -0.3 is 15.0 Å². The molecular formula is C20H23N3O2. The van der Waals surface area contributed by atoms with Crippen LogP contribution in [-0.4, -0.2) is 42.8 Å². The van der Waals surface area contributed by atoms with Crippen LogP contribution in [0.3, 0.4) is 0 Å². The summed E-state index contributed by atoms with van der Waals surface area (Å²) in [5.74, 6) is 1.03. The maximum Gasteiger partial charge on any atom is 0.247 e. The predicted molar refractivity (Wildman–Crippen MR) is 97.4 cm³/mol. The summed E-state index contributed by atoms with van der Waals surface area (Å²) in [5.41, 5.74) is 0.680. The summed E-state index contributed by atoms with van der Waals surface area (Å²) >= 11 is 0. The van der Waals surface area contributed by atoms with E-state index in [9.17, 15) is 4.79 Å². The fraction of sp³-hybridized carbons (Fsp3) is 0.350. The van der Waals surface area contributed by atoms with Crippen LogP contribution in [-0.2, 0) is 4.79 Å². The zero-order valence-corrected chi connectivity index (χ0v) is 14.2. The van der Waals surface area contributed by atoms with Crippen LogP contribution >= 0.6 is 0 Å². The molecule has 25 heavy (non-hydrogen) atoms. The molecule has 2 fully saturated rings. The predicted octanol–water partition coefficient (Wildman–Crippen LogP) is 2.45. The number of nitrogens with one attached hydrogen (secondary N) is 1. The molecule has 0 atom stereocenters. The van der Waals surface area contributed by atoms with Crippen LogP contribution in [0.1, 0.15) is 12.8 Å². The van der Waals surface area contributed by atoms with Crippen molar-refractivity contribution in [2.45, 2.75) is 18.4 Å². The van der Waals surface area contributed by atoms with E-state index in [-0.39, 0.29) is 5.91 Å². The minimum absolute atomic E-state index is 0.153. The van der Waals surface area contributed by atoms with Gasteiger partial charge in [0.2, 0.25) is 5.91 Å². The Bertz CT molecular complexity index is 712. The molecule has 1 amide bonds. The van der Waals surface area contributed by atoms with Crippen molar-refractivity contribution in [2.75, 3.05) is 31.4 Å². The van der Waals surface area contributed by atoms with E-state index in [0.29, 0.717) is 13.4 Å². The number of amides is 1. The third-order valence-electron chi connectivity index (χ3n) is 5.25. The van der Waals surface area contributed by atoms with Crippen molar-refractivity contribution in [1.29, 1.82) is 0 Å². The highest BCUT2D eigenvalue weighted by Gasteiger charge is 2.50. The van der Waals surface area contributed by atoms with Gasteiger partial charge >= 0.3 is 0 Å². The first-order chi connectivity index (χ1) is 12.3. The summed E-state index contributed by atoms with van der Waals surface area (Å²) in [6.07, 6.45) is 1.62. The molecule has 0 radical (unpaired) electrons. The molecule has 1 spiro atoms. The number of nitrogens with zero attached hydrogens (tertiary/aromatic N) is 2. The highest BCUT2D eigenvalue weighted by atomic mass is 16.5. The maximum atomic E-state index is 12.6. The first-order valence-electron chi connectivity index (χ1n) is 8.79. The third kappa shape index (κ3) is 3.07. The number of benzene rings is 2. The van der Waals surface area contributed by atoms with Crippen LogP contribution in [0.25, 0.3) is 0 Å². The molecule has 5 nitrogen and oxygen atoms in total. The number of likely N-dealkylation sites (tertiary alicyclic amines) is 1. The van der Waals surface area contributed by atoms with Crippen molar-refractivity contribution in [2.24, 2.45) is 0 Å². The van der Waals surface area contributed by atoms with E-state index in [1.165, 1.54) is 0 Å². The van der Waals surface area contributed by atoms with Crippen molar-refractivity contribution < 1.29 is 9.53 Å². The van der Waals surface area contributed by atoms with Crippen LogP contribution in [0.2, 0.25) is 0 Å². The van der Waals surface area contributed by atoms with Crippen molar-refractivity contribution in [1.82, 2.24) is 10.2 Å². The molecule has 5 heteroatoms. The van der Waals surface area contributed by atoms with Crippen LogP contribution < -0.4 is 15.0 Å². The lowest BCUT2D eigenvalue weighted by Crippen LogP contribution is -2.56. The highest BCUT2D eigenvalue weighted by Crippen LogP contribution is 2.36. The summed E-state index contributed by atoms with van der Waals surface area (Å²) in [6.45, 7) is 2.85. The van der Waals surface area contributed by atoms with Crippen LogP contribution in [0.15, 0.2) is 60.7 Å². The number of rotatable bonds is 4. The van der Waals surface area contributed by atoms with Gasteiger partial charge in [-0.1, -0.05) is 36.4 Å². The Morgan fingerprint density at radius 2 is 1.60 bits per heavy atom. The lowest BCUT2D eigenvalue weighted by atomic mass is 9.86. The first kappa shape index (κ1) is 16.0. The first-order valence-corrected chi connectivity index (χ1v) is 8.79. The molecule has 0 aromatic heterocycles. The fourth-order valence-electron chi connectivity index (χ4n) is 3.77. The molecular weight excluding hydrogens is 314 g/mol. The highest BCUT2D eigenvalue weighted by molar-refractivity contribution is 5.93. The molecule has 0 unspecified atom stereocenters. The van der Waals surface area contributed by atoms with E-state index in [4.69, 9.17) is 4.74 Å². The van der Waals surface area contributed by atoms with E-state index >= 15 is 0 Å². The Morgan fingerprint density at radius 3 is 2.28 bits per heavy atom. The number of piperidine rings is 1. The normalized spacial score (nSPS) is 19.8. The zero-order chi connectivity index (χ0) is 17.1. The molecule has 0 aliphatic carbocycles.